The summed E-state index contributed by atoms with van der Waals surface area (Å²) in [4.78, 5) is 11.2. The van der Waals surface area contributed by atoms with E-state index < -0.39 is 0 Å². The minimum absolute atomic E-state index is 0.0866. The standard InChI is InChI=1S/C16H15NO2/c1-10-3-5-13(11(2)7-10)12-4-6-14-15(8-12)19-9-16(18)17-14/h3-8H,9H2,1-2H3,(H,17,18). The van der Waals surface area contributed by atoms with E-state index in [-0.39, 0.29) is 12.5 Å². The molecule has 0 bridgehead atoms. The molecular formula is C16H15NO2. The van der Waals surface area contributed by atoms with Gasteiger partial charge in [-0.05, 0) is 42.7 Å². The van der Waals surface area contributed by atoms with Gasteiger partial charge in [-0.2, -0.15) is 0 Å². The number of fused-ring (bicyclic) bond motifs is 1. The summed E-state index contributed by atoms with van der Waals surface area (Å²) < 4.78 is 5.45. The van der Waals surface area contributed by atoms with Gasteiger partial charge < -0.3 is 10.1 Å². The Balaban J connectivity index is 2.04. The van der Waals surface area contributed by atoms with E-state index in [9.17, 15) is 4.79 Å². The highest BCUT2D eigenvalue weighted by molar-refractivity contribution is 5.96. The molecule has 2 aromatic carbocycles. The van der Waals surface area contributed by atoms with Crippen molar-refractivity contribution in [1.82, 2.24) is 0 Å². The van der Waals surface area contributed by atoms with Gasteiger partial charge in [0.15, 0.2) is 6.61 Å². The van der Waals surface area contributed by atoms with Crippen molar-refractivity contribution < 1.29 is 9.53 Å². The normalized spacial score (nSPS) is 13.5. The Morgan fingerprint density at radius 3 is 2.74 bits per heavy atom. The number of ether oxygens (including phenoxy) is 1. The summed E-state index contributed by atoms with van der Waals surface area (Å²) in [6.07, 6.45) is 0. The SMILES string of the molecule is Cc1ccc(-c2ccc3c(c2)OCC(=O)N3)c(C)c1. The van der Waals surface area contributed by atoms with Crippen molar-refractivity contribution in [2.24, 2.45) is 0 Å². The zero-order valence-electron chi connectivity index (χ0n) is 11.0. The number of aryl methyl sites for hydroxylation is 2. The van der Waals surface area contributed by atoms with Gasteiger partial charge >= 0.3 is 0 Å². The van der Waals surface area contributed by atoms with Crippen LogP contribution in [0.25, 0.3) is 11.1 Å². The molecule has 1 aliphatic heterocycles. The highest BCUT2D eigenvalue weighted by Crippen LogP contribution is 2.34. The lowest BCUT2D eigenvalue weighted by atomic mass is 9.98. The second-order valence-electron chi connectivity index (χ2n) is 4.87. The van der Waals surface area contributed by atoms with Crippen LogP contribution in [0, 0.1) is 13.8 Å². The number of hydrogen-bond donors (Lipinski definition) is 1. The maximum absolute atomic E-state index is 11.2. The first kappa shape index (κ1) is 11.8. The summed E-state index contributed by atoms with van der Waals surface area (Å²) in [6.45, 7) is 4.27. The van der Waals surface area contributed by atoms with Gasteiger partial charge in [-0.15, -0.1) is 0 Å². The van der Waals surface area contributed by atoms with Crippen LogP contribution in [0.2, 0.25) is 0 Å². The van der Waals surface area contributed by atoms with Crippen molar-refractivity contribution in [3.8, 4) is 16.9 Å². The Hall–Kier alpha value is -2.29. The number of anilines is 1. The largest absolute Gasteiger partial charge is 0.482 e. The van der Waals surface area contributed by atoms with E-state index in [1.807, 2.05) is 18.2 Å². The summed E-state index contributed by atoms with van der Waals surface area (Å²) in [5, 5.41) is 2.80. The number of amides is 1. The molecule has 0 unspecified atom stereocenters. The third kappa shape index (κ3) is 2.19. The fourth-order valence-corrected chi connectivity index (χ4v) is 2.38. The second kappa shape index (κ2) is 4.43. The molecule has 0 saturated carbocycles. The maximum atomic E-state index is 11.2. The molecule has 0 fully saturated rings. The van der Waals surface area contributed by atoms with Crippen LogP contribution in [0.4, 0.5) is 5.69 Å². The fourth-order valence-electron chi connectivity index (χ4n) is 2.38. The number of benzene rings is 2. The molecule has 19 heavy (non-hydrogen) atoms. The van der Waals surface area contributed by atoms with E-state index in [1.165, 1.54) is 16.7 Å². The Bertz CT molecular complexity index is 662. The first-order valence-corrected chi connectivity index (χ1v) is 6.28. The summed E-state index contributed by atoms with van der Waals surface area (Å²) in [6, 6.07) is 12.3. The smallest absolute Gasteiger partial charge is 0.262 e. The molecule has 0 aliphatic carbocycles. The Morgan fingerprint density at radius 1 is 1.11 bits per heavy atom. The minimum Gasteiger partial charge on any atom is -0.482 e. The molecule has 3 nitrogen and oxygen atoms in total. The topological polar surface area (TPSA) is 38.3 Å². The molecule has 1 N–H and O–H groups in total. The van der Waals surface area contributed by atoms with Gasteiger partial charge in [0.05, 0.1) is 5.69 Å². The number of carbonyl (C=O) groups is 1. The lowest BCUT2D eigenvalue weighted by molar-refractivity contribution is -0.118. The van der Waals surface area contributed by atoms with Crippen molar-refractivity contribution in [2.45, 2.75) is 13.8 Å². The summed E-state index contributed by atoms with van der Waals surface area (Å²) in [5.41, 5.74) is 5.52. The van der Waals surface area contributed by atoms with Crippen molar-refractivity contribution >= 4 is 11.6 Å². The molecule has 3 rings (SSSR count). The van der Waals surface area contributed by atoms with Crippen molar-refractivity contribution in [1.29, 1.82) is 0 Å². The first-order valence-electron chi connectivity index (χ1n) is 6.28. The summed E-state index contributed by atoms with van der Waals surface area (Å²) >= 11 is 0. The third-order valence-corrected chi connectivity index (χ3v) is 3.31. The lowest BCUT2D eigenvalue weighted by Gasteiger charge is -2.19. The van der Waals surface area contributed by atoms with Crippen LogP contribution in [0.3, 0.4) is 0 Å². The van der Waals surface area contributed by atoms with Gasteiger partial charge in [0.25, 0.3) is 5.91 Å². The molecule has 0 radical (unpaired) electrons. The summed E-state index contributed by atoms with van der Waals surface area (Å²) in [7, 11) is 0. The van der Waals surface area contributed by atoms with Crippen LogP contribution >= 0.6 is 0 Å². The predicted octanol–water partition coefficient (Wildman–Crippen LogP) is 3.30. The molecule has 1 heterocycles. The van der Waals surface area contributed by atoms with Gasteiger partial charge in [0, 0.05) is 0 Å². The van der Waals surface area contributed by atoms with Crippen LogP contribution in [-0.2, 0) is 4.79 Å². The Morgan fingerprint density at radius 2 is 1.95 bits per heavy atom. The third-order valence-electron chi connectivity index (χ3n) is 3.31. The van der Waals surface area contributed by atoms with Crippen LogP contribution in [-0.4, -0.2) is 12.5 Å². The highest BCUT2D eigenvalue weighted by atomic mass is 16.5. The Labute approximate surface area is 112 Å². The average molecular weight is 253 g/mol. The van der Waals surface area contributed by atoms with E-state index in [0.717, 1.165) is 17.0 Å². The second-order valence-corrected chi connectivity index (χ2v) is 4.87. The van der Waals surface area contributed by atoms with E-state index in [2.05, 4.69) is 37.4 Å². The van der Waals surface area contributed by atoms with Crippen LogP contribution in [0.5, 0.6) is 5.75 Å². The zero-order valence-corrected chi connectivity index (χ0v) is 11.0. The van der Waals surface area contributed by atoms with Gasteiger partial charge in [-0.25, -0.2) is 0 Å². The van der Waals surface area contributed by atoms with Crippen molar-refractivity contribution in [2.75, 3.05) is 11.9 Å². The average Bonchev–Trinajstić information content (AvgIpc) is 2.38. The lowest BCUT2D eigenvalue weighted by Crippen LogP contribution is -2.25. The van der Waals surface area contributed by atoms with Gasteiger partial charge in [-0.3, -0.25) is 4.79 Å². The molecular weight excluding hydrogens is 238 g/mol. The Kier molecular flexibility index (Phi) is 2.75. The number of rotatable bonds is 1. The van der Waals surface area contributed by atoms with E-state index in [0.29, 0.717) is 0 Å². The monoisotopic (exact) mass is 253 g/mol. The molecule has 0 spiro atoms. The maximum Gasteiger partial charge on any atom is 0.262 e. The van der Waals surface area contributed by atoms with E-state index in [1.54, 1.807) is 0 Å². The first-order chi connectivity index (χ1) is 9.13. The molecule has 0 saturated heterocycles. The van der Waals surface area contributed by atoms with Crippen LogP contribution in [0.1, 0.15) is 11.1 Å². The minimum atomic E-state index is -0.105. The summed E-state index contributed by atoms with van der Waals surface area (Å²) in [5.74, 6) is 0.629. The number of nitrogens with one attached hydrogen (secondary N) is 1. The van der Waals surface area contributed by atoms with Crippen molar-refractivity contribution in [3.63, 3.8) is 0 Å². The quantitative estimate of drug-likeness (QED) is 0.846. The fraction of sp³-hybridized carbons (Fsp3) is 0.188. The van der Waals surface area contributed by atoms with Crippen molar-refractivity contribution in [3.05, 3.63) is 47.5 Å². The molecule has 2 aromatic rings. The van der Waals surface area contributed by atoms with Gasteiger partial charge in [0.2, 0.25) is 0 Å². The van der Waals surface area contributed by atoms with Gasteiger partial charge in [0.1, 0.15) is 5.75 Å². The molecule has 3 heteroatoms. The zero-order chi connectivity index (χ0) is 13.4. The van der Waals surface area contributed by atoms with E-state index in [4.69, 9.17) is 4.74 Å². The van der Waals surface area contributed by atoms with Crippen LogP contribution < -0.4 is 10.1 Å². The number of hydrogen-bond acceptors (Lipinski definition) is 2. The van der Waals surface area contributed by atoms with Crippen LogP contribution in [0.15, 0.2) is 36.4 Å². The molecule has 96 valence electrons. The molecule has 0 aromatic heterocycles. The molecule has 1 aliphatic rings. The van der Waals surface area contributed by atoms with E-state index >= 15 is 0 Å². The molecule has 1 amide bonds. The number of carbonyl (C=O) groups excluding carboxylic acids is 1. The predicted molar refractivity (Wildman–Crippen MR) is 75.5 cm³/mol. The van der Waals surface area contributed by atoms with Gasteiger partial charge in [-0.1, -0.05) is 29.8 Å². The highest BCUT2D eigenvalue weighted by Gasteiger charge is 2.16. The molecule has 0 atom stereocenters.